The number of rotatable bonds is 5. The number of nitrogens with one attached hydrogen (secondary N) is 2. The van der Waals surface area contributed by atoms with E-state index < -0.39 is 6.04 Å². The molecule has 0 saturated heterocycles. The minimum absolute atomic E-state index is 0.200. The number of hydrogen-bond acceptors (Lipinski definition) is 6. The van der Waals surface area contributed by atoms with Gasteiger partial charge in [-0.1, -0.05) is 44.2 Å². The van der Waals surface area contributed by atoms with Gasteiger partial charge in [0.1, 0.15) is 11.9 Å². The maximum absolute atomic E-state index is 12.3. The third kappa shape index (κ3) is 3.29. The topological polar surface area (TPSA) is 114 Å². The second-order valence-corrected chi connectivity index (χ2v) is 5.66. The molecular formula is C15H18N8O. The van der Waals surface area contributed by atoms with E-state index >= 15 is 0 Å². The second-order valence-electron chi connectivity index (χ2n) is 5.66. The molecule has 0 fully saturated rings. The molecule has 0 bridgehead atoms. The molecule has 124 valence electrons. The van der Waals surface area contributed by atoms with Crippen LogP contribution in [0.5, 0.6) is 0 Å². The van der Waals surface area contributed by atoms with Crippen molar-refractivity contribution in [2.45, 2.75) is 32.7 Å². The number of benzene rings is 1. The fourth-order valence-electron chi connectivity index (χ4n) is 2.00. The first-order chi connectivity index (χ1) is 11.5. The number of aromatic amines is 1. The summed E-state index contributed by atoms with van der Waals surface area (Å²) in [6.45, 7) is 5.65. The van der Waals surface area contributed by atoms with Gasteiger partial charge in [-0.2, -0.15) is 9.78 Å². The fourth-order valence-corrected chi connectivity index (χ4v) is 2.00. The van der Waals surface area contributed by atoms with Crippen molar-refractivity contribution in [3.05, 3.63) is 36.2 Å². The lowest BCUT2D eigenvalue weighted by molar-refractivity contribution is -0.119. The van der Waals surface area contributed by atoms with Crippen LogP contribution in [0.2, 0.25) is 0 Å². The smallest absolute Gasteiger partial charge is 0.253 e. The van der Waals surface area contributed by atoms with Crippen molar-refractivity contribution in [2.75, 3.05) is 5.32 Å². The summed E-state index contributed by atoms with van der Waals surface area (Å²) in [6.07, 6.45) is 0. The van der Waals surface area contributed by atoms with E-state index in [1.54, 1.807) is 6.92 Å². The molecule has 24 heavy (non-hydrogen) atoms. The van der Waals surface area contributed by atoms with E-state index in [0.717, 1.165) is 5.56 Å². The zero-order valence-corrected chi connectivity index (χ0v) is 13.6. The van der Waals surface area contributed by atoms with Gasteiger partial charge in [-0.05, 0) is 12.1 Å². The monoisotopic (exact) mass is 326 g/mol. The van der Waals surface area contributed by atoms with Crippen molar-refractivity contribution in [2.24, 2.45) is 0 Å². The van der Waals surface area contributed by atoms with Gasteiger partial charge in [0, 0.05) is 11.5 Å². The van der Waals surface area contributed by atoms with Crippen molar-refractivity contribution in [3.63, 3.8) is 0 Å². The lowest BCUT2D eigenvalue weighted by Gasteiger charge is -2.08. The summed E-state index contributed by atoms with van der Waals surface area (Å²) in [5.41, 5.74) is 0.840. The Kier molecular flexibility index (Phi) is 4.32. The molecular weight excluding hydrogens is 308 g/mol. The highest BCUT2D eigenvalue weighted by molar-refractivity contribution is 5.91. The minimum atomic E-state index is -0.643. The van der Waals surface area contributed by atoms with E-state index in [1.807, 2.05) is 44.2 Å². The predicted molar refractivity (Wildman–Crippen MR) is 87.1 cm³/mol. The van der Waals surface area contributed by atoms with Gasteiger partial charge in [0.05, 0.1) is 0 Å². The summed E-state index contributed by atoms with van der Waals surface area (Å²) in [7, 11) is 0. The standard InChI is InChI=1S/C15H18N8O/c1-9(2)12-16-15(20-18-12)17-14(24)10(3)23-21-13(19-22-23)11-7-5-4-6-8-11/h4-10H,1-3H3,(H2,16,17,18,20,24)/t10-/m0/s1. The zero-order valence-electron chi connectivity index (χ0n) is 13.6. The van der Waals surface area contributed by atoms with E-state index in [1.165, 1.54) is 4.80 Å². The van der Waals surface area contributed by atoms with Crippen molar-refractivity contribution in [3.8, 4) is 11.4 Å². The van der Waals surface area contributed by atoms with Gasteiger partial charge in [-0.25, -0.2) is 0 Å². The molecule has 2 heterocycles. The van der Waals surface area contributed by atoms with E-state index in [2.05, 4.69) is 35.9 Å². The average molecular weight is 326 g/mol. The SMILES string of the molecule is CC(C)c1nc(NC(=O)[C@H](C)n2nnc(-c3ccccc3)n2)n[nH]1. The Morgan fingerprint density at radius 3 is 2.62 bits per heavy atom. The molecule has 9 nitrogen and oxygen atoms in total. The summed E-state index contributed by atoms with van der Waals surface area (Å²) in [4.78, 5) is 17.8. The molecule has 0 unspecified atom stereocenters. The molecule has 0 aliphatic rings. The first kappa shape index (κ1) is 15.8. The summed E-state index contributed by atoms with van der Waals surface area (Å²) in [5, 5.41) is 21.6. The van der Waals surface area contributed by atoms with Crippen molar-refractivity contribution in [1.82, 2.24) is 35.4 Å². The van der Waals surface area contributed by atoms with Gasteiger partial charge < -0.3 is 0 Å². The molecule has 1 atom stereocenters. The highest BCUT2D eigenvalue weighted by Crippen LogP contribution is 2.15. The minimum Gasteiger partial charge on any atom is -0.291 e. The van der Waals surface area contributed by atoms with Crippen molar-refractivity contribution < 1.29 is 4.79 Å². The molecule has 0 aliphatic carbocycles. The molecule has 1 aromatic carbocycles. The molecule has 0 aliphatic heterocycles. The molecule has 3 rings (SSSR count). The van der Waals surface area contributed by atoms with Crippen molar-refractivity contribution in [1.29, 1.82) is 0 Å². The number of anilines is 1. The third-order valence-electron chi connectivity index (χ3n) is 3.47. The summed E-state index contributed by atoms with van der Waals surface area (Å²) >= 11 is 0. The average Bonchev–Trinajstić information content (AvgIpc) is 3.24. The van der Waals surface area contributed by atoms with Gasteiger partial charge >= 0.3 is 0 Å². The number of carbonyl (C=O) groups is 1. The molecule has 9 heteroatoms. The number of carbonyl (C=O) groups excluding carboxylic acids is 1. The first-order valence-corrected chi connectivity index (χ1v) is 7.62. The van der Waals surface area contributed by atoms with Crippen LogP contribution in [0.1, 0.15) is 38.6 Å². The van der Waals surface area contributed by atoms with Crippen molar-refractivity contribution >= 4 is 11.9 Å². The Bertz CT molecular complexity index is 823. The Balaban J connectivity index is 1.70. The van der Waals surface area contributed by atoms with Crippen LogP contribution in [0, 0.1) is 0 Å². The number of amides is 1. The summed E-state index contributed by atoms with van der Waals surface area (Å²) < 4.78 is 0. The first-order valence-electron chi connectivity index (χ1n) is 7.62. The van der Waals surface area contributed by atoms with Crippen LogP contribution in [-0.4, -0.2) is 41.3 Å². The highest BCUT2D eigenvalue weighted by atomic mass is 16.2. The molecule has 2 aromatic heterocycles. The molecule has 0 spiro atoms. The van der Waals surface area contributed by atoms with E-state index in [0.29, 0.717) is 11.6 Å². The lowest BCUT2D eigenvalue weighted by Crippen LogP contribution is -2.26. The summed E-state index contributed by atoms with van der Waals surface area (Å²) in [5.74, 6) is 1.30. The molecule has 3 aromatic rings. The van der Waals surface area contributed by atoms with Gasteiger partial charge in [0.15, 0.2) is 0 Å². The second kappa shape index (κ2) is 6.57. The van der Waals surface area contributed by atoms with Gasteiger partial charge in [0.2, 0.25) is 11.8 Å². The molecule has 0 radical (unpaired) electrons. The van der Waals surface area contributed by atoms with E-state index in [4.69, 9.17) is 0 Å². The number of H-pyrrole nitrogens is 1. The van der Waals surface area contributed by atoms with Crippen LogP contribution in [0.4, 0.5) is 5.95 Å². The van der Waals surface area contributed by atoms with E-state index in [9.17, 15) is 4.79 Å². The Hall–Kier alpha value is -3.10. The lowest BCUT2D eigenvalue weighted by atomic mass is 10.2. The van der Waals surface area contributed by atoms with Gasteiger partial charge in [-0.15, -0.1) is 15.3 Å². The number of hydrogen-bond donors (Lipinski definition) is 2. The Morgan fingerprint density at radius 1 is 1.21 bits per heavy atom. The maximum Gasteiger partial charge on any atom is 0.253 e. The third-order valence-corrected chi connectivity index (χ3v) is 3.47. The quantitative estimate of drug-likeness (QED) is 0.738. The highest BCUT2D eigenvalue weighted by Gasteiger charge is 2.20. The fraction of sp³-hybridized carbons (Fsp3) is 0.333. The zero-order chi connectivity index (χ0) is 17.1. The molecule has 2 N–H and O–H groups in total. The molecule has 1 amide bonds. The van der Waals surface area contributed by atoms with Crippen LogP contribution >= 0.6 is 0 Å². The van der Waals surface area contributed by atoms with Crippen LogP contribution < -0.4 is 5.32 Å². The number of nitrogens with zero attached hydrogens (tertiary/aromatic N) is 6. The normalized spacial score (nSPS) is 12.3. The van der Waals surface area contributed by atoms with Gasteiger partial charge in [-0.3, -0.25) is 15.2 Å². The van der Waals surface area contributed by atoms with Crippen LogP contribution in [0.15, 0.2) is 30.3 Å². The van der Waals surface area contributed by atoms with E-state index in [-0.39, 0.29) is 17.8 Å². The predicted octanol–water partition coefficient (Wildman–Crippen LogP) is 1.78. The van der Waals surface area contributed by atoms with Gasteiger partial charge in [0.25, 0.3) is 5.91 Å². The van der Waals surface area contributed by atoms with Crippen LogP contribution in [0.3, 0.4) is 0 Å². The largest absolute Gasteiger partial charge is 0.291 e. The van der Waals surface area contributed by atoms with Crippen LogP contribution in [-0.2, 0) is 4.79 Å². The Labute approximate surface area is 138 Å². The van der Waals surface area contributed by atoms with Crippen LogP contribution in [0.25, 0.3) is 11.4 Å². The Morgan fingerprint density at radius 2 is 1.96 bits per heavy atom. The number of aromatic nitrogens is 7. The molecule has 0 saturated carbocycles. The number of tetrazole rings is 1. The maximum atomic E-state index is 12.3. The summed E-state index contributed by atoms with van der Waals surface area (Å²) in [6, 6.07) is 8.81.